The lowest BCUT2D eigenvalue weighted by molar-refractivity contribution is -0.116. The number of nitrogens with one attached hydrogen (secondary N) is 1. The Hall–Kier alpha value is -2.49. The van der Waals surface area contributed by atoms with Gasteiger partial charge in [-0.2, -0.15) is 0 Å². The zero-order valence-electron chi connectivity index (χ0n) is 12.7. The van der Waals surface area contributed by atoms with Crippen LogP contribution in [0.2, 0.25) is 0 Å². The van der Waals surface area contributed by atoms with E-state index >= 15 is 0 Å². The molecule has 0 heterocycles. The second-order valence-electron chi connectivity index (χ2n) is 5.89. The highest BCUT2D eigenvalue weighted by Gasteiger charge is 2.30. The lowest BCUT2D eigenvalue weighted by atomic mass is 10.1. The number of anilines is 1. The van der Waals surface area contributed by atoms with Crippen LogP contribution in [0, 0.1) is 11.7 Å². The predicted molar refractivity (Wildman–Crippen MR) is 86.8 cm³/mol. The number of carbonyl (C=O) groups is 2. The summed E-state index contributed by atoms with van der Waals surface area (Å²) in [5.41, 5.74) is 2.16. The molecule has 1 saturated carbocycles. The maximum atomic E-state index is 13.1. The Kier molecular flexibility index (Phi) is 4.51. The summed E-state index contributed by atoms with van der Waals surface area (Å²) in [6.07, 6.45) is 2.74. The molecule has 1 N–H and O–H groups in total. The fourth-order valence-corrected chi connectivity index (χ4v) is 2.47. The molecule has 1 fully saturated rings. The van der Waals surface area contributed by atoms with Gasteiger partial charge in [0.15, 0.2) is 5.78 Å². The summed E-state index contributed by atoms with van der Waals surface area (Å²) in [6.45, 7) is 0. The Morgan fingerprint density at radius 2 is 1.83 bits per heavy atom. The minimum Gasteiger partial charge on any atom is -0.326 e. The molecular weight excluding hydrogens is 293 g/mol. The fraction of sp³-hybridized carbons (Fsp3) is 0.263. The Bertz CT molecular complexity index is 720. The molecule has 2 aromatic rings. The molecule has 0 radical (unpaired) electrons. The van der Waals surface area contributed by atoms with Crippen molar-refractivity contribution in [1.29, 1.82) is 0 Å². The molecule has 23 heavy (non-hydrogen) atoms. The van der Waals surface area contributed by atoms with Crippen molar-refractivity contribution in [1.82, 2.24) is 0 Å². The first-order valence-corrected chi connectivity index (χ1v) is 7.80. The summed E-state index contributed by atoms with van der Waals surface area (Å²) in [6, 6.07) is 13.3. The van der Waals surface area contributed by atoms with E-state index in [1.54, 1.807) is 36.4 Å². The normalized spacial score (nSPS) is 13.6. The number of hydrogen-bond donors (Lipinski definition) is 1. The number of hydrogen-bond acceptors (Lipinski definition) is 2. The van der Waals surface area contributed by atoms with E-state index in [1.807, 2.05) is 0 Å². The van der Waals surface area contributed by atoms with Crippen molar-refractivity contribution < 1.29 is 14.0 Å². The van der Waals surface area contributed by atoms with Crippen molar-refractivity contribution >= 4 is 17.4 Å². The highest BCUT2D eigenvalue weighted by atomic mass is 19.1. The van der Waals surface area contributed by atoms with E-state index in [-0.39, 0.29) is 29.8 Å². The lowest BCUT2D eigenvalue weighted by Gasteiger charge is -2.06. The average molecular weight is 311 g/mol. The van der Waals surface area contributed by atoms with Gasteiger partial charge in [0.2, 0.25) is 5.91 Å². The number of amides is 1. The van der Waals surface area contributed by atoms with E-state index in [2.05, 4.69) is 5.32 Å². The first-order chi connectivity index (χ1) is 11.1. The number of benzene rings is 2. The van der Waals surface area contributed by atoms with E-state index in [9.17, 15) is 14.0 Å². The van der Waals surface area contributed by atoms with Gasteiger partial charge in [-0.3, -0.25) is 9.59 Å². The molecule has 1 aliphatic carbocycles. The third-order valence-electron chi connectivity index (χ3n) is 3.93. The second kappa shape index (κ2) is 6.73. The third-order valence-corrected chi connectivity index (χ3v) is 3.93. The molecular formula is C19H18FNO2. The van der Waals surface area contributed by atoms with Gasteiger partial charge >= 0.3 is 0 Å². The Labute approximate surface area is 134 Å². The van der Waals surface area contributed by atoms with Crippen LogP contribution < -0.4 is 5.32 Å². The molecule has 1 amide bonds. The van der Waals surface area contributed by atoms with Crippen LogP contribution >= 0.6 is 0 Å². The monoisotopic (exact) mass is 311 g/mol. The van der Waals surface area contributed by atoms with Gasteiger partial charge in [-0.1, -0.05) is 12.1 Å². The molecule has 0 atom stereocenters. The number of aryl methyl sites for hydroxylation is 1. The van der Waals surface area contributed by atoms with E-state index in [4.69, 9.17) is 0 Å². The van der Waals surface area contributed by atoms with E-state index < -0.39 is 0 Å². The van der Waals surface area contributed by atoms with Gasteiger partial charge in [-0.15, -0.1) is 0 Å². The molecule has 2 aromatic carbocycles. The van der Waals surface area contributed by atoms with Gasteiger partial charge in [0, 0.05) is 23.6 Å². The Morgan fingerprint density at radius 1 is 1.09 bits per heavy atom. The number of rotatable bonds is 6. The Balaban J connectivity index is 1.52. The minimum atomic E-state index is -0.293. The molecule has 0 spiro atoms. The fourth-order valence-electron chi connectivity index (χ4n) is 2.47. The SMILES string of the molecule is O=C(CCc1cccc(F)c1)Nc1ccc(C(=O)C2CC2)cc1. The quantitative estimate of drug-likeness (QED) is 0.820. The van der Waals surface area contributed by atoms with Crippen molar-refractivity contribution in [2.24, 2.45) is 5.92 Å². The van der Waals surface area contributed by atoms with Crippen molar-refractivity contribution in [3.63, 3.8) is 0 Å². The molecule has 0 aromatic heterocycles. The summed E-state index contributed by atoms with van der Waals surface area (Å²) >= 11 is 0. The highest BCUT2D eigenvalue weighted by Crippen LogP contribution is 2.32. The largest absolute Gasteiger partial charge is 0.326 e. The van der Waals surface area contributed by atoms with Crippen molar-refractivity contribution in [2.45, 2.75) is 25.7 Å². The third kappa shape index (κ3) is 4.25. The molecule has 118 valence electrons. The minimum absolute atomic E-state index is 0.129. The second-order valence-corrected chi connectivity index (χ2v) is 5.89. The summed E-state index contributed by atoms with van der Waals surface area (Å²) in [4.78, 5) is 23.8. The summed E-state index contributed by atoms with van der Waals surface area (Å²) in [5, 5.41) is 2.79. The van der Waals surface area contributed by atoms with Gasteiger partial charge in [-0.05, 0) is 61.2 Å². The van der Waals surface area contributed by atoms with Gasteiger partial charge in [0.25, 0.3) is 0 Å². The summed E-state index contributed by atoms with van der Waals surface area (Å²) in [5.74, 6) is -0.0370. The zero-order valence-corrected chi connectivity index (χ0v) is 12.7. The van der Waals surface area contributed by atoms with Crippen molar-refractivity contribution in [3.05, 3.63) is 65.5 Å². The van der Waals surface area contributed by atoms with Gasteiger partial charge in [-0.25, -0.2) is 4.39 Å². The van der Waals surface area contributed by atoms with Crippen LogP contribution in [0.15, 0.2) is 48.5 Å². The van der Waals surface area contributed by atoms with Gasteiger partial charge in [0.1, 0.15) is 5.82 Å². The van der Waals surface area contributed by atoms with Crippen LogP contribution in [0.3, 0.4) is 0 Å². The summed E-state index contributed by atoms with van der Waals surface area (Å²) in [7, 11) is 0. The molecule has 3 rings (SSSR count). The molecule has 0 unspecified atom stereocenters. The van der Waals surface area contributed by atoms with E-state index in [1.165, 1.54) is 12.1 Å². The van der Waals surface area contributed by atoms with Crippen molar-refractivity contribution in [3.8, 4) is 0 Å². The van der Waals surface area contributed by atoms with Crippen LogP contribution in [-0.2, 0) is 11.2 Å². The molecule has 0 aliphatic heterocycles. The Morgan fingerprint density at radius 3 is 2.48 bits per heavy atom. The molecule has 4 heteroatoms. The van der Waals surface area contributed by atoms with Crippen LogP contribution in [-0.4, -0.2) is 11.7 Å². The standard InChI is InChI=1S/C19H18FNO2/c20-16-3-1-2-13(12-16)4-11-18(22)21-17-9-7-15(8-10-17)19(23)14-5-6-14/h1-3,7-10,12,14H,4-6,11H2,(H,21,22). The molecule has 0 bridgehead atoms. The van der Waals surface area contributed by atoms with Crippen LogP contribution in [0.1, 0.15) is 35.2 Å². The number of halogens is 1. The van der Waals surface area contributed by atoms with Gasteiger partial charge < -0.3 is 5.32 Å². The zero-order chi connectivity index (χ0) is 16.2. The maximum Gasteiger partial charge on any atom is 0.224 e. The lowest BCUT2D eigenvalue weighted by Crippen LogP contribution is -2.12. The van der Waals surface area contributed by atoms with E-state index in [0.717, 1.165) is 18.4 Å². The topological polar surface area (TPSA) is 46.2 Å². The van der Waals surface area contributed by atoms with Crippen LogP contribution in [0.25, 0.3) is 0 Å². The molecule has 3 nitrogen and oxygen atoms in total. The highest BCUT2D eigenvalue weighted by molar-refractivity contribution is 6.00. The number of ketones is 1. The first kappa shape index (κ1) is 15.4. The predicted octanol–water partition coefficient (Wildman–Crippen LogP) is 3.99. The number of Topliss-reactive ketones (excluding diaryl/α,β-unsaturated/α-hetero) is 1. The summed E-state index contributed by atoms with van der Waals surface area (Å²) < 4.78 is 13.1. The van der Waals surface area contributed by atoms with Crippen LogP contribution in [0.4, 0.5) is 10.1 Å². The molecule has 1 aliphatic rings. The maximum absolute atomic E-state index is 13.1. The van der Waals surface area contributed by atoms with Crippen LogP contribution in [0.5, 0.6) is 0 Å². The number of carbonyl (C=O) groups excluding carboxylic acids is 2. The first-order valence-electron chi connectivity index (χ1n) is 7.80. The average Bonchev–Trinajstić information content (AvgIpc) is 3.38. The molecule has 0 saturated heterocycles. The van der Waals surface area contributed by atoms with Gasteiger partial charge in [0.05, 0.1) is 0 Å². The smallest absolute Gasteiger partial charge is 0.224 e. The van der Waals surface area contributed by atoms with Crippen molar-refractivity contribution in [2.75, 3.05) is 5.32 Å². The van der Waals surface area contributed by atoms with E-state index in [0.29, 0.717) is 17.7 Å².